The summed E-state index contributed by atoms with van der Waals surface area (Å²) in [5, 5.41) is 4.12. The van der Waals surface area contributed by atoms with E-state index in [4.69, 9.17) is 27.6 Å². The minimum atomic E-state index is 0.407. The Kier molecular flexibility index (Phi) is 3.83. The number of pyridine rings is 1. The van der Waals surface area contributed by atoms with Crippen molar-refractivity contribution >= 4 is 23.2 Å². The van der Waals surface area contributed by atoms with Crippen LogP contribution in [0.15, 0.2) is 34.9 Å². The van der Waals surface area contributed by atoms with Crippen LogP contribution in [0.4, 0.5) is 0 Å². The topological polar surface area (TPSA) is 38.1 Å². The summed E-state index contributed by atoms with van der Waals surface area (Å²) in [5.41, 5.74) is 1.07. The quantitative estimate of drug-likeness (QED) is 0.854. The molecule has 0 fully saturated rings. The van der Waals surface area contributed by atoms with Gasteiger partial charge in [0.1, 0.15) is 10.9 Å². The molecule has 84 valence electrons. The van der Waals surface area contributed by atoms with E-state index in [9.17, 15) is 0 Å². The molecule has 0 amide bonds. The molecule has 0 saturated carbocycles. The highest BCUT2D eigenvalue weighted by Crippen LogP contribution is 2.12. The van der Waals surface area contributed by atoms with Crippen molar-refractivity contribution in [2.45, 2.75) is 13.1 Å². The molecule has 2 aromatic heterocycles. The van der Waals surface area contributed by atoms with E-state index in [1.807, 2.05) is 12.1 Å². The molecule has 0 unspecified atom stereocenters. The van der Waals surface area contributed by atoms with Crippen LogP contribution in [0.2, 0.25) is 10.4 Å². The van der Waals surface area contributed by atoms with Crippen LogP contribution < -0.4 is 5.32 Å². The third-order valence-corrected chi connectivity index (χ3v) is 2.47. The Balaban J connectivity index is 1.82. The number of nitrogens with zero attached hydrogens (tertiary/aromatic N) is 1. The Morgan fingerprint density at radius 2 is 2.00 bits per heavy atom. The fraction of sp³-hybridized carbons (Fsp3) is 0.182. The molecular weight excluding hydrogens is 247 g/mol. The third kappa shape index (κ3) is 3.23. The molecule has 0 aliphatic rings. The summed E-state index contributed by atoms with van der Waals surface area (Å²) in [4.78, 5) is 3.99. The summed E-state index contributed by atoms with van der Waals surface area (Å²) >= 11 is 11.3. The van der Waals surface area contributed by atoms with E-state index in [1.165, 1.54) is 0 Å². The first-order chi connectivity index (χ1) is 7.74. The largest absolute Gasteiger partial charge is 0.448 e. The average Bonchev–Trinajstić information content (AvgIpc) is 2.67. The number of nitrogens with one attached hydrogen (secondary N) is 1. The van der Waals surface area contributed by atoms with Crippen molar-refractivity contribution < 1.29 is 4.42 Å². The monoisotopic (exact) mass is 256 g/mol. The maximum Gasteiger partial charge on any atom is 0.193 e. The van der Waals surface area contributed by atoms with Gasteiger partial charge in [0.15, 0.2) is 5.22 Å². The lowest BCUT2D eigenvalue weighted by Gasteiger charge is -2.02. The zero-order valence-corrected chi connectivity index (χ0v) is 9.92. The lowest BCUT2D eigenvalue weighted by Crippen LogP contribution is -2.12. The molecule has 0 spiro atoms. The molecule has 0 bridgehead atoms. The summed E-state index contributed by atoms with van der Waals surface area (Å²) in [6.45, 7) is 1.35. The number of aromatic nitrogens is 1. The Bertz CT molecular complexity index is 453. The van der Waals surface area contributed by atoms with Gasteiger partial charge < -0.3 is 9.73 Å². The van der Waals surface area contributed by atoms with E-state index < -0.39 is 0 Å². The summed E-state index contributed by atoms with van der Waals surface area (Å²) in [6.07, 6.45) is 1.74. The molecular formula is C11H10Cl2N2O. The van der Waals surface area contributed by atoms with Gasteiger partial charge in [-0.15, -0.1) is 0 Å². The molecule has 0 aromatic carbocycles. The van der Waals surface area contributed by atoms with Crippen molar-refractivity contribution in [1.82, 2.24) is 10.3 Å². The van der Waals surface area contributed by atoms with Crippen LogP contribution in [0.1, 0.15) is 11.3 Å². The Morgan fingerprint density at radius 1 is 1.12 bits per heavy atom. The predicted octanol–water partition coefficient (Wildman–Crippen LogP) is 3.27. The van der Waals surface area contributed by atoms with Gasteiger partial charge in [-0.05, 0) is 35.4 Å². The molecule has 0 aliphatic heterocycles. The van der Waals surface area contributed by atoms with Crippen LogP contribution in [0, 0.1) is 0 Å². The first kappa shape index (κ1) is 11.5. The van der Waals surface area contributed by atoms with Gasteiger partial charge in [-0.25, -0.2) is 4.98 Å². The van der Waals surface area contributed by atoms with Gasteiger partial charge in [-0.1, -0.05) is 17.7 Å². The first-order valence-corrected chi connectivity index (χ1v) is 5.55. The minimum absolute atomic E-state index is 0.407. The van der Waals surface area contributed by atoms with Gasteiger partial charge in [0, 0.05) is 12.7 Å². The number of halogens is 2. The van der Waals surface area contributed by atoms with Crippen LogP contribution in [-0.4, -0.2) is 4.98 Å². The molecule has 0 radical (unpaired) electrons. The van der Waals surface area contributed by atoms with Crippen LogP contribution in [0.25, 0.3) is 0 Å². The molecule has 2 aromatic rings. The molecule has 3 nitrogen and oxygen atoms in total. The smallest absolute Gasteiger partial charge is 0.193 e. The summed E-state index contributed by atoms with van der Waals surface area (Å²) in [6, 6.07) is 7.26. The van der Waals surface area contributed by atoms with Gasteiger partial charge in [0.2, 0.25) is 0 Å². The maximum atomic E-state index is 5.68. The van der Waals surface area contributed by atoms with Gasteiger partial charge >= 0.3 is 0 Å². The highest BCUT2D eigenvalue weighted by molar-refractivity contribution is 6.29. The van der Waals surface area contributed by atoms with Gasteiger partial charge in [0.05, 0.1) is 6.54 Å². The van der Waals surface area contributed by atoms with Crippen molar-refractivity contribution in [2.24, 2.45) is 0 Å². The van der Waals surface area contributed by atoms with Crippen LogP contribution in [0.5, 0.6) is 0 Å². The molecule has 5 heteroatoms. The van der Waals surface area contributed by atoms with Crippen molar-refractivity contribution in [3.63, 3.8) is 0 Å². The third-order valence-electron chi connectivity index (χ3n) is 2.05. The SMILES string of the molecule is Clc1ccc(CNCc2ccc(Cl)o2)cn1. The second-order valence-electron chi connectivity index (χ2n) is 3.30. The van der Waals surface area contributed by atoms with Crippen molar-refractivity contribution in [3.05, 3.63) is 52.2 Å². The van der Waals surface area contributed by atoms with Crippen molar-refractivity contribution in [1.29, 1.82) is 0 Å². The highest BCUT2D eigenvalue weighted by Gasteiger charge is 1.99. The van der Waals surface area contributed by atoms with E-state index in [0.717, 1.165) is 11.3 Å². The Morgan fingerprint density at radius 3 is 2.62 bits per heavy atom. The molecule has 2 heterocycles. The molecule has 2 rings (SSSR count). The van der Waals surface area contributed by atoms with Crippen molar-refractivity contribution in [3.8, 4) is 0 Å². The fourth-order valence-corrected chi connectivity index (χ4v) is 1.56. The van der Waals surface area contributed by atoms with Crippen molar-refractivity contribution in [2.75, 3.05) is 0 Å². The standard InChI is InChI=1S/C11H10Cl2N2O/c12-10-3-1-8(6-15-10)5-14-7-9-2-4-11(13)16-9/h1-4,6,14H,5,7H2. The lowest BCUT2D eigenvalue weighted by atomic mass is 10.3. The van der Waals surface area contributed by atoms with E-state index in [2.05, 4.69) is 10.3 Å². The second-order valence-corrected chi connectivity index (χ2v) is 4.06. The average molecular weight is 257 g/mol. The highest BCUT2D eigenvalue weighted by atomic mass is 35.5. The minimum Gasteiger partial charge on any atom is -0.448 e. The van der Waals surface area contributed by atoms with Crippen LogP contribution in [-0.2, 0) is 13.1 Å². The number of hydrogen-bond donors (Lipinski definition) is 1. The van der Waals surface area contributed by atoms with Gasteiger partial charge in [0.25, 0.3) is 0 Å². The summed E-state index contributed by atoms with van der Waals surface area (Å²) < 4.78 is 5.21. The number of hydrogen-bond acceptors (Lipinski definition) is 3. The molecule has 16 heavy (non-hydrogen) atoms. The van der Waals surface area contributed by atoms with E-state index >= 15 is 0 Å². The molecule has 0 atom stereocenters. The predicted molar refractivity (Wildman–Crippen MR) is 63.5 cm³/mol. The first-order valence-electron chi connectivity index (χ1n) is 4.79. The number of rotatable bonds is 4. The summed E-state index contributed by atoms with van der Waals surface area (Å²) in [5.74, 6) is 0.812. The van der Waals surface area contributed by atoms with Crippen LogP contribution in [0.3, 0.4) is 0 Å². The normalized spacial score (nSPS) is 10.6. The van der Waals surface area contributed by atoms with Crippen LogP contribution >= 0.6 is 23.2 Å². The Hall–Kier alpha value is -1.03. The number of furan rings is 1. The zero-order chi connectivity index (χ0) is 11.4. The Labute approximate surface area is 103 Å². The molecule has 0 saturated heterocycles. The zero-order valence-electron chi connectivity index (χ0n) is 8.41. The molecule has 1 N–H and O–H groups in total. The second kappa shape index (κ2) is 5.34. The van der Waals surface area contributed by atoms with Gasteiger partial charge in [-0.3, -0.25) is 0 Å². The van der Waals surface area contributed by atoms with Gasteiger partial charge in [-0.2, -0.15) is 0 Å². The maximum absolute atomic E-state index is 5.68. The lowest BCUT2D eigenvalue weighted by molar-refractivity contribution is 0.484. The molecule has 0 aliphatic carbocycles. The van der Waals surface area contributed by atoms with E-state index in [0.29, 0.717) is 23.5 Å². The van der Waals surface area contributed by atoms with E-state index in [-0.39, 0.29) is 0 Å². The fourth-order valence-electron chi connectivity index (χ4n) is 1.29. The van der Waals surface area contributed by atoms with E-state index in [1.54, 1.807) is 18.3 Å². The summed E-state index contributed by atoms with van der Waals surface area (Å²) in [7, 11) is 0.